The Morgan fingerprint density at radius 3 is 2.86 bits per heavy atom. The standard InChI is InChI=1S/C15H18ClN3O2/c1-9-14(10(2)19-18-9)17-8-11-6-12(16)15-13(7-11)20-4-3-5-21-15/h6-7,17H,3-5,8H2,1-2H3,(H,18,19). The molecule has 1 aromatic carbocycles. The fourth-order valence-electron chi connectivity index (χ4n) is 2.39. The van der Waals surface area contributed by atoms with Crippen LogP contribution in [0.2, 0.25) is 5.02 Å². The van der Waals surface area contributed by atoms with Gasteiger partial charge in [-0.25, -0.2) is 0 Å². The molecule has 0 spiro atoms. The van der Waals surface area contributed by atoms with Crippen LogP contribution in [0.5, 0.6) is 11.5 Å². The van der Waals surface area contributed by atoms with Crippen molar-refractivity contribution in [2.75, 3.05) is 18.5 Å². The van der Waals surface area contributed by atoms with Gasteiger partial charge >= 0.3 is 0 Å². The zero-order valence-corrected chi connectivity index (χ0v) is 12.9. The lowest BCUT2D eigenvalue weighted by atomic mass is 10.2. The van der Waals surface area contributed by atoms with Crippen LogP contribution in [0.15, 0.2) is 12.1 Å². The van der Waals surface area contributed by atoms with Crippen molar-refractivity contribution in [2.45, 2.75) is 26.8 Å². The summed E-state index contributed by atoms with van der Waals surface area (Å²) in [6.45, 7) is 5.89. The van der Waals surface area contributed by atoms with Gasteiger partial charge in [0.15, 0.2) is 11.5 Å². The monoisotopic (exact) mass is 307 g/mol. The third-order valence-corrected chi connectivity index (χ3v) is 3.74. The minimum Gasteiger partial charge on any atom is -0.489 e. The van der Waals surface area contributed by atoms with Crippen LogP contribution in [0, 0.1) is 13.8 Å². The summed E-state index contributed by atoms with van der Waals surface area (Å²) in [6.07, 6.45) is 0.867. The van der Waals surface area contributed by atoms with Gasteiger partial charge in [-0.15, -0.1) is 0 Å². The molecule has 0 radical (unpaired) electrons. The third kappa shape index (κ3) is 2.93. The lowest BCUT2D eigenvalue weighted by Gasteiger charge is -2.12. The first-order valence-corrected chi connectivity index (χ1v) is 7.36. The number of hydrogen-bond donors (Lipinski definition) is 2. The average molecular weight is 308 g/mol. The molecule has 21 heavy (non-hydrogen) atoms. The molecule has 0 saturated carbocycles. The molecule has 2 aromatic rings. The van der Waals surface area contributed by atoms with Gasteiger partial charge in [-0.3, -0.25) is 5.10 Å². The van der Waals surface area contributed by atoms with Crippen LogP contribution < -0.4 is 14.8 Å². The number of fused-ring (bicyclic) bond motifs is 1. The lowest BCUT2D eigenvalue weighted by Crippen LogP contribution is -2.02. The van der Waals surface area contributed by atoms with Crippen LogP contribution in [0.3, 0.4) is 0 Å². The second-order valence-electron chi connectivity index (χ2n) is 5.12. The molecule has 1 aromatic heterocycles. The number of hydrogen-bond acceptors (Lipinski definition) is 4. The SMILES string of the molecule is Cc1n[nH]c(C)c1NCc1cc(Cl)c2c(c1)OCCCO2. The van der Waals surface area contributed by atoms with E-state index in [1.165, 1.54) is 0 Å². The first-order chi connectivity index (χ1) is 10.1. The summed E-state index contributed by atoms with van der Waals surface area (Å²) in [6, 6.07) is 3.89. The maximum Gasteiger partial charge on any atom is 0.179 e. The molecule has 0 amide bonds. The Hall–Kier alpha value is -1.88. The van der Waals surface area contributed by atoms with Gasteiger partial charge in [0.1, 0.15) is 0 Å². The van der Waals surface area contributed by atoms with Crippen LogP contribution in [0.25, 0.3) is 0 Å². The maximum absolute atomic E-state index is 6.29. The van der Waals surface area contributed by atoms with Crippen LogP contribution in [-0.2, 0) is 6.54 Å². The Bertz CT molecular complexity index is 635. The number of aromatic amines is 1. The van der Waals surface area contributed by atoms with Crippen molar-refractivity contribution in [1.82, 2.24) is 10.2 Å². The van der Waals surface area contributed by atoms with Gasteiger partial charge in [-0.1, -0.05) is 11.6 Å². The third-order valence-electron chi connectivity index (χ3n) is 3.46. The van der Waals surface area contributed by atoms with E-state index in [-0.39, 0.29) is 0 Å². The number of benzene rings is 1. The van der Waals surface area contributed by atoms with E-state index >= 15 is 0 Å². The fraction of sp³-hybridized carbons (Fsp3) is 0.400. The molecule has 0 atom stereocenters. The molecule has 3 rings (SSSR count). The van der Waals surface area contributed by atoms with Crippen molar-refractivity contribution >= 4 is 17.3 Å². The summed E-state index contributed by atoms with van der Waals surface area (Å²) < 4.78 is 11.3. The number of nitrogens with one attached hydrogen (secondary N) is 2. The first kappa shape index (κ1) is 14.1. The molecule has 0 saturated heterocycles. The Morgan fingerprint density at radius 2 is 2.10 bits per heavy atom. The van der Waals surface area contributed by atoms with Gasteiger partial charge in [0.05, 0.1) is 35.3 Å². The predicted molar refractivity (Wildman–Crippen MR) is 82.4 cm³/mol. The van der Waals surface area contributed by atoms with Gasteiger partial charge in [-0.05, 0) is 31.5 Å². The molecular weight excluding hydrogens is 290 g/mol. The van der Waals surface area contributed by atoms with Gasteiger partial charge in [0.25, 0.3) is 0 Å². The summed E-state index contributed by atoms with van der Waals surface area (Å²) in [5.41, 5.74) is 4.04. The number of H-pyrrole nitrogens is 1. The number of rotatable bonds is 3. The highest BCUT2D eigenvalue weighted by Gasteiger charge is 2.16. The second-order valence-corrected chi connectivity index (χ2v) is 5.53. The Labute approximate surface area is 128 Å². The summed E-state index contributed by atoms with van der Waals surface area (Å²) in [5.74, 6) is 1.37. The van der Waals surface area contributed by atoms with E-state index in [0.29, 0.717) is 30.5 Å². The molecule has 0 fully saturated rings. The van der Waals surface area contributed by atoms with Crippen molar-refractivity contribution in [3.05, 3.63) is 34.1 Å². The molecule has 0 unspecified atom stereocenters. The largest absolute Gasteiger partial charge is 0.489 e. The minimum atomic E-state index is 0.590. The summed E-state index contributed by atoms with van der Waals surface area (Å²) >= 11 is 6.29. The Morgan fingerprint density at radius 1 is 1.29 bits per heavy atom. The second kappa shape index (κ2) is 5.85. The number of halogens is 1. The smallest absolute Gasteiger partial charge is 0.179 e. The highest BCUT2D eigenvalue weighted by Crippen LogP contribution is 2.38. The highest BCUT2D eigenvalue weighted by atomic mass is 35.5. The molecular formula is C15H18ClN3O2. The van der Waals surface area contributed by atoms with E-state index in [9.17, 15) is 0 Å². The van der Waals surface area contributed by atoms with Gasteiger partial charge in [0, 0.05) is 13.0 Å². The number of anilines is 1. The molecule has 5 nitrogen and oxygen atoms in total. The van der Waals surface area contributed by atoms with Gasteiger partial charge in [-0.2, -0.15) is 5.10 Å². The van der Waals surface area contributed by atoms with E-state index in [2.05, 4.69) is 15.5 Å². The van der Waals surface area contributed by atoms with Crippen LogP contribution in [0.4, 0.5) is 5.69 Å². The zero-order valence-electron chi connectivity index (χ0n) is 12.1. The van der Waals surface area contributed by atoms with Crippen LogP contribution in [-0.4, -0.2) is 23.4 Å². The summed E-state index contributed by atoms with van der Waals surface area (Å²) in [5, 5.41) is 11.1. The van der Waals surface area contributed by atoms with Crippen molar-refractivity contribution in [3.8, 4) is 11.5 Å². The molecule has 0 aliphatic carbocycles. The van der Waals surface area contributed by atoms with E-state index < -0.39 is 0 Å². The Kier molecular flexibility index (Phi) is 3.92. The van der Waals surface area contributed by atoms with Crippen LogP contribution in [0.1, 0.15) is 23.4 Å². The van der Waals surface area contributed by atoms with Crippen molar-refractivity contribution in [1.29, 1.82) is 0 Å². The number of nitrogens with zero attached hydrogens (tertiary/aromatic N) is 1. The average Bonchev–Trinajstić information content (AvgIpc) is 2.67. The zero-order chi connectivity index (χ0) is 14.8. The molecule has 6 heteroatoms. The quantitative estimate of drug-likeness (QED) is 0.912. The summed E-state index contributed by atoms with van der Waals surface area (Å²) in [7, 11) is 0. The number of ether oxygens (including phenoxy) is 2. The van der Waals surface area contributed by atoms with Gasteiger partial charge < -0.3 is 14.8 Å². The normalized spacial score (nSPS) is 13.9. The van der Waals surface area contributed by atoms with Gasteiger partial charge in [0.2, 0.25) is 0 Å². The number of aryl methyl sites for hydroxylation is 2. The molecule has 2 N–H and O–H groups in total. The fourth-order valence-corrected chi connectivity index (χ4v) is 2.68. The number of aromatic nitrogens is 2. The van der Waals surface area contributed by atoms with Crippen molar-refractivity contribution in [2.24, 2.45) is 0 Å². The highest BCUT2D eigenvalue weighted by molar-refractivity contribution is 6.32. The minimum absolute atomic E-state index is 0.590. The van der Waals surface area contributed by atoms with E-state index in [1.54, 1.807) is 0 Å². The van der Waals surface area contributed by atoms with Crippen molar-refractivity contribution < 1.29 is 9.47 Å². The molecule has 1 aliphatic heterocycles. The van der Waals surface area contributed by atoms with Crippen molar-refractivity contribution in [3.63, 3.8) is 0 Å². The van der Waals surface area contributed by atoms with E-state index in [1.807, 2.05) is 26.0 Å². The first-order valence-electron chi connectivity index (χ1n) is 6.98. The molecule has 0 bridgehead atoms. The van der Waals surface area contributed by atoms with E-state index in [4.69, 9.17) is 21.1 Å². The lowest BCUT2D eigenvalue weighted by molar-refractivity contribution is 0.297. The van der Waals surface area contributed by atoms with Crippen LogP contribution >= 0.6 is 11.6 Å². The molecule has 112 valence electrons. The predicted octanol–water partition coefficient (Wildman–Crippen LogP) is 3.45. The summed E-state index contributed by atoms with van der Waals surface area (Å²) in [4.78, 5) is 0. The maximum atomic E-state index is 6.29. The molecule has 2 heterocycles. The Balaban J connectivity index is 1.80. The topological polar surface area (TPSA) is 59.2 Å². The molecule has 1 aliphatic rings. The van der Waals surface area contributed by atoms with E-state index in [0.717, 1.165) is 34.8 Å².